The molecule has 0 amide bonds. The molecule has 1 aromatic carbocycles. The van der Waals surface area contributed by atoms with Crippen LogP contribution in [0.3, 0.4) is 0 Å². The van der Waals surface area contributed by atoms with Gasteiger partial charge in [0.15, 0.2) is 0 Å². The highest BCUT2D eigenvalue weighted by Gasteiger charge is 2.10. The van der Waals surface area contributed by atoms with Crippen LogP contribution in [0.1, 0.15) is 57.6 Å². The van der Waals surface area contributed by atoms with Crippen molar-refractivity contribution in [1.29, 1.82) is 0 Å². The zero-order valence-corrected chi connectivity index (χ0v) is 12.2. The van der Waals surface area contributed by atoms with Gasteiger partial charge in [-0.3, -0.25) is 4.90 Å². The predicted molar refractivity (Wildman–Crippen MR) is 80.7 cm³/mol. The van der Waals surface area contributed by atoms with Crippen molar-refractivity contribution in [2.24, 2.45) is 0 Å². The molecule has 0 bridgehead atoms. The third kappa shape index (κ3) is 5.09. The van der Waals surface area contributed by atoms with Gasteiger partial charge in [0.05, 0.1) is 0 Å². The molecular weight excluding hydrogens is 220 g/mol. The minimum atomic E-state index is 0.444. The van der Waals surface area contributed by atoms with Crippen molar-refractivity contribution in [1.82, 2.24) is 4.90 Å². The molecule has 0 heterocycles. The van der Waals surface area contributed by atoms with Crippen LogP contribution in [0.4, 0.5) is 5.69 Å². The lowest BCUT2D eigenvalue weighted by Crippen LogP contribution is -2.23. The van der Waals surface area contributed by atoms with Gasteiger partial charge in [0.1, 0.15) is 0 Å². The Kier molecular flexibility index (Phi) is 6.81. The molecule has 1 aromatic rings. The minimum absolute atomic E-state index is 0.444. The molecule has 102 valence electrons. The van der Waals surface area contributed by atoms with Crippen molar-refractivity contribution in [2.45, 2.75) is 52.0 Å². The predicted octanol–water partition coefficient (Wildman–Crippen LogP) is 4.23. The van der Waals surface area contributed by atoms with E-state index in [0.717, 1.165) is 5.69 Å². The molecule has 18 heavy (non-hydrogen) atoms. The molecular formula is C16H28N2. The van der Waals surface area contributed by atoms with Gasteiger partial charge in [-0.25, -0.2) is 0 Å². The van der Waals surface area contributed by atoms with E-state index < -0.39 is 0 Å². The summed E-state index contributed by atoms with van der Waals surface area (Å²) in [7, 11) is 2.20. The van der Waals surface area contributed by atoms with Crippen molar-refractivity contribution < 1.29 is 0 Å². The van der Waals surface area contributed by atoms with E-state index in [1.54, 1.807) is 0 Å². The van der Waals surface area contributed by atoms with Crippen LogP contribution in [0.25, 0.3) is 0 Å². The van der Waals surface area contributed by atoms with Gasteiger partial charge in [-0.05, 0) is 44.6 Å². The van der Waals surface area contributed by atoms with Gasteiger partial charge in [-0.2, -0.15) is 0 Å². The molecule has 0 aliphatic carbocycles. The maximum Gasteiger partial charge on any atom is 0.0317 e. The van der Waals surface area contributed by atoms with E-state index >= 15 is 0 Å². The van der Waals surface area contributed by atoms with Crippen LogP contribution < -0.4 is 5.73 Å². The van der Waals surface area contributed by atoms with E-state index in [0.29, 0.717) is 6.04 Å². The Morgan fingerprint density at radius 2 is 1.89 bits per heavy atom. The summed E-state index contributed by atoms with van der Waals surface area (Å²) in [6.07, 6.45) is 6.70. The molecule has 0 aliphatic heterocycles. The Bertz CT molecular complexity index is 336. The van der Waals surface area contributed by atoms with E-state index in [1.165, 1.54) is 44.2 Å². The van der Waals surface area contributed by atoms with Gasteiger partial charge in [0.2, 0.25) is 0 Å². The summed E-state index contributed by atoms with van der Waals surface area (Å²) in [6, 6.07) is 8.67. The monoisotopic (exact) mass is 248 g/mol. The summed E-state index contributed by atoms with van der Waals surface area (Å²) >= 11 is 0. The summed E-state index contributed by atoms with van der Waals surface area (Å²) in [6.45, 7) is 5.68. The van der Waals surface area contributed by atoms with Crippen LogP contribution in [-0.4, -0.2) is 18.5 Å². The first kappa shape index (κ1) is 15.0. The maximum absolute atomic E-state index is 5.83. The van der Waals surface area contributed by atoms with Crippen LogP contribution in [0, 0.1) is 0 Å². The summed E-state index contributed by atoms with van der Waals surface area (Å²) in [4.78, 5) is 2.42. The first-order valence-corrected chi connectivity index (χ1v) is 7.20. The molecule has 1 atom stereocenters. The zero-order chi connectivity index (χ0) is 13.4. The lowest BCUT2D eigenvalue weighted by atomic mass is 10.1. The normalized spacial score (nSPS) is 12.9. The zero-order valence-electron chi connectivity index (χ0n) is 12.2. The van der Waals surface area contributed by atoms with Crippen molar-refractivity contribution in [3.63, 3.8) is 0 Å². The molecule has 0 saturated heterocycles. The summed E-state index contributed by atoms with van der Waals surface area (Å²) in [5.74, 6) is 0. The number of nitrogens with two attached hydrogens (primary N) is 1. The van der Waals surface area contributed by atoms with Gasteiger partial charge in [0.25, 0.3) is 0 Å². The topological polar surface area (TPSA) is 29.3 Å². The third-order valence-electron chi connectivity index (χ3n) is 3.67. The van der Waals surface area contributed by atoms with Crippen LogP contribution >= 0.6 is 0 Å². The average molecular weight is 248 g/mol. The number of nitrogens with zero attached hydrogens (tertiary/aromatic N) is 1. The van der Waals surface area contributed by atoms with Crippen LogP contribution in [0.2, 0.25) is 0 Å². The minimum Gasteiger partial charge on any atom is -0.399 e. The standard InChI is InChI=1S/C16H28N2/c1-4-5-6-7-8-12-18(3)14(2)15-10-9-11-16(17)13-15/h9-11,13-14H,4-8,12,17H2,1-3H3. The molecule has 2 heteroatoms. The molecule has 0 saturated carbocycles. The SMILES string of the molecule is CCCCCCCN(C)C(C)c1cccc(N)c1. The van der Waals surface area contributed by atoms with Crippen molar-refractivity contribution in [3.8, 4) is 0 Å². The molecule has 0 spiro atoms. The van der Waals surface area contributed by atoms with Gasteiger partial charge in [-0.1, -0.05) is 44.7 Å². The molecule has 0 radical (unpaired) electrons. The Hall–Kier alpha value is -1.02. The lowest BCUT2D eigenvalue weighted by molar-refractivity contribution is 0.255. The van der Waals surface area contributed by atoms with Crippen molar-refractivity contribution in [2.75, 3.05) is 19.3 Å². The first-order valence-electron chi connectivity index (χ1n) is 7.20. The summed E-state index contributed by atoms with van der Waals surface area (Å²) in [5, 5.41) is 0. The molecule has 2 nitrogen and oxygen atoms in total. The fourth-order valence-corrected chi connectivity index (χ4v) is 2.23. The van der Waals surface area contributed by atoms with Crippen molar-refractivity contribution in [3.05, 3.63) is 29.8 Å². The number of nitrogen functional groups attached to an aromatic ring is 1. The molecule has 0 aliphatic rings. The van der Waals surface area contributed by atoms with E-state index in [-0.39, 0.29) is 0 Å². The molecule has 0 fully saturated rings. The summed E-state index contributed by atoms with van der Waals surface area (Å²) < 4.78 is 0. The number of unbranched alkanes of at least 4 members (excludes halogenated alkanes) is 4. The van der Waals surface area contributed by atoms with Crippen molar-refractivity contribution >= 4 is 5.69 Å². The largest absolute Gasteiger partial charge is 0.399 e. The number of hydrogen-bond acceptors (Lipinski definition) is 2. The highest BCUT2D eigenvalue weighted by molar-refractivity contribution is 5.41. The first-order chi connectivity index (χ1) is 8.65. The Balaban J connectivity index is 2.34. The fraction of sp³-hybridized carbons (Fsp3) is 0.625. The van der Waals surface area contributed by atoms with Gasteiger partial charge < -0.3 is 5.73 Å². The second-order valence-corrected chi connectivity index (χ2v) is 5.24. The second kappa shape index (κ2) is 8.15. The Labute approximate surface area is 112 Å². The maximum atomic E-state index is 5.83. The Morgan fingerprint density at radius 1 is 1.17 bits per heavy atom. The third-order valence-corrected chi connectivity index (χ3v) is 3.67. The van der Waals surface area contributed by atoms with E-state index in [4.69, 9.17) is 5.73 Å². The van der Waals surface area contributed by atoms with Crippen LogP contribution in [0.15, 0.2) is 24.3 Å². The van der Waals surface area contributed by atoms with E-state index in [1.807, 2.05) is 12.1 Å². The summed E-state index contributed by atoms with van der Waals surface area (Å²) in [5.41, 5.74) is 8.00. The highest BCUT2D eigenvalue weighted by atomic mass is 15.1. The highest BCUT2D eigenvalue weighted by Crippen LogP contribution is 2.21. The molecule has 1 unspecified atom stereocenters. The molecule has 1 rings (SSSR count). The fourth-order valence-electron chi connectivity index (χ4n) is 2.23. The lowest BCUT2D eigenvalue weighted by Gasteiger charge is -2.25. The number of hydrogen-bond donors (Lipinski definition) is 1. The smallest absolute Gasteiger partial charge is 0.0317 e. The Morgan fingerprint density at radius 3 is 2.56 bits per heavy atom. The molecule has 0 aromatic heterocycles. The second-order valence-electron chi connectivity index (χ2n) is 5.24. The van der Waals surface area contributed by atoms with Gasteiger partial charge in [-0.15, -0.1) is 0 Å². The van der Waals surface area contributed by atoms with Crippen LogP contribution in [0.5, 0.6) is 0 Å². The van der Waals surface area contributed by atoms with Crippen LogP contribution in [-0.2, 0) is 0 Å². The average Bonchev–Trinajstić information content (AvgIpc) is 2.37. The quantitative estimate of drug-likeness (QED) is 0.551. The number of benzene rings is 1. The van der Waals surface area contributed by atoms with Gasteiger partial charge >= 0.3 is 0 Å². The van der Waals surface area contributed by atoms with E-state index in [2.05, 4.69) is 37.9 Å². The van der Waals surface area contributed by atoms with Gasteiger partial charge in [0, 0.05) is 11.7 Å². The van der Waals surface area contributed by atoms with E-state index in [9.17, 15) is 0 Å². The number of anilines is 1. The molecule has 2 N–H and O–H groups in total. The number of rotatable bonds is 8.